The molecule has 1 atom stereocenters. The van der Waals surface area contributed by atoms with E-state index in [9.17, 15) is 19.2 Å². The molecule has 0 bridgehead atoms. The van der Waals surface area contributed by atoms with Crippen LogP contribution in [-0.2, 0) is 21.5 Å². The number of urea groups is 1. The quantitative estimate of drug-likeness (QED) is 0.627. The zero-order valence-electron chi connectivity index (χ0n) is 16.4. The van der Waals surface area contributed by atoms with Crippen LogP contribution in [0.4, 0.5) is 10.5 Å². The summed E-state index contributed by atoms with van der Waals surface area (Å²) in [6, 6.07) is 13.9. The van der Waals surface area contributed by atoms with E-state index < -0.39 is 11.6 Å². The summed E-state index contributed by atoms with van der Waals surface area (Å²) in [5.41, 5.74) is 1.83. The summed E-state index contributed by atoms with van der Waals surface area (Å²) >= 11 is 0. The number of aryl methyl sites for hydroxylation is 1. The molecule has 2 fully saturated rings. The lowest BCUT2D eigenvalue weighted by atomic mass is 9.92. The average Bonchev–Trinajstić information content (AvgIpc) is 3.42. The maximum absolute atomic E-state index is 13.2. The van der Waals surface area contributed by atoms with Crippen LogP contribution in [0.15, 0.2) is 48.5 Å². The van der Waals surface area contributed by atoms with Gasteiger partial charge in [0.05, 0.1) is 6.54 Å². The summed E-state index contributed by atoms with van der Waals surface area (Å²) in [4.78, 5) is 53.4. The third-order valence-corrected chi connectivity index (χ3v) is 6.28. The first-order valence-corrected chi connectivity index (χ1v) is 10.2. The van der Waals surface area contributed by atoms with Gasteiger partial charge in [-0.25, -0.2) is 4.79 Å². The number of imide groups is 1. The van der Waals surface area contributed by atoms with Gasteiger partial charge in [-0.15, -0.1) is 0 Å². The highest BCUT2D eigenvalue weighted by Crippen LogP contribution is 2.41. The predicted octanol–water partition coefficient (Wildman–Crippen LogP) is 2.39. The van der Waals surface area contributed by atoms with Crippen molar-refractivity contribution < 1.29 is 19.2 Å². The number of rotatable bonds is 4. The van der Waals surface area contributed by atoms with Gasteiger partial charge in [0.1, 0.15) is 5.54 Å². The van der Waals surface area contributed by atoms with Crippen molar-refractivity contribution in [2.45, 2.75) is 31.2 Å². The van der Waals surface area contributed by atoms with Crippen LogP contribution in [0.25, 0.3) is 0 Å². The van der Waals surface area contributed by atoms with Crippen molar-refractivity contribution in [1.29, 1.82) is 0 Å². The molecule has 1 aliphatic carbocycles. The lowest BCUT2D eigenvalue weighted by Gasteiger charge is -2.22. The second-order valence-electron chi connectivity index (χ2n) is 8.01. The molecule has 152 valence electrons. The van der Waals surface area contributed by atoms with E-state index in [2.05, 4.69) is 5.32 Å². The minimum atomic E-state index is -1.07. The molecule has 7 nitrogen and oxygen atoms in total. The van der Waals surface area contributed by atoms with E-state index in [1.807, 2.05) is 24.3 Å². The third kappa shape index (κ3) is 2.73. The predicted molar refractivity (Wildman–Crippen MR) is 109 cm³/mol. The Bertz CT molecular complexity index is 1100. The molecule has 3 aliphatic rings. The topological polar surface area (TPSA) is 86.8 Å². The smallest absolute Gasteiger partial charge is 0.319 e. The van der Waals surface area contributed by atoms with Crippen molar-refractivity contribution in [3.8, 4) is 0 Å². The number of amides is 4. The molecule has 30 heavy (non-hydrogen) atoms. The number of Topliss-reactive ketones (excluding diaryl/α,β-unsaturated/α-hetero) is 1. The van der Waals surface area contributed by atoms with Gasteiger partial charge in [0, 0.05) is 24.2 Å². The molecule has 2 heterocycles. The van der Waals surface area contributed by atoms with Crippen molar-refractivity contribution >= 4 is 29.3 Å². The highest BCUT2D eigenvalue weighted by Gasteiger charge is 2.55. The highest BCUT2D eigenvalue weighted by molar-refractivity contribution is 6.12. The van der Waals surface area contributed by atoms with E-state index >= 15 is 0 Å². The first kappa shape index (κ1) is 18.5. The molecule has 2 aliphatic heterocycles. The minimum Gasteiger partial charge on any atom is -0.319 e. The fourth-order valence-corrected chi connectivity index (χ4v) is 4.74. The van der Waals surface area contributed by atoms with Crippen LogP contribution in [0.5, 0.6) is 0 Å². The number of hydrogen-bond donors (Lipinski definition) is 1. The summed E-state index contributed by atoms with van der Waals surface area (Å²) in [5, 5.41) is 2.84. The van der Waals surface area contributed by atoms with Gasteiger partial charge in [0.15, 0.2) is 5.78 Å². The van der Waals surface area contributed by atoms with Crippen LogP contribution in [0.1, 0.15) is 40.7 Å². The molecule has 1 unspecified atom stereocenters. The third-order valence-electron chi connectivity index (χ3n) is 6.28. The number of carbonyl (C=O) groups excluding carboxylic acids is 4. The number of carbonyl (C=O) groups is 4. The number of hydrogen-bond acceptors (Lipinski definition) is 4. The Labute approximate surface area is 173 Å². The lowest BCUT2D eigenvalue weighted by Crippen LogP contribution is -2.42. The minimum absolute atomic E-state index is 0.0375. The molecule has 2 saturated heterocycles. The Hall–Kier alpha value is -3.48. The maximum atomic E-state index is 13.2. The van der Waals surface area contributed by atoms with Crippen molar-refractivity contribution in [3.05, 3.63) is 65.2 Å². The number of ketones is 1. The fraction of sp³-hybridized carbons (Fsp3) is 0.304. The van der Waals surface area contributed by atoms with Gasteiger partial charge < -0.3 is 10.2 Å². The molecular formula is C23H21N3O4. The zero-order chi connectivity index (χ0) is 20.9. The summed E-state index contributed by atoms with van der Waals surface area (Å²) in [6.45, 7) is 0.303. The SMILES string of the molecule is O=C(CN1C(=O)NC2(CCc3ccccc32)C1=O)c1cccc(N2CCCC2=O)c1. The number of nitrogens with zero attached hydrogens (tertiary/aromatic N) is 2. The Balaban J connectivity index is 1.38. The van der Waals surface area contributed by atoms with E-state index in [1.54, 1.807) is 29.2 Å². The normalized spacial score (nSPS) is 22.7. The standard InChI is InChI=1S/C23H21N3O4/c27-19(16-6-3-7-17(13-16)25-12-4-9-20(25)28)14-26-21(29)23(24-22(26)30)11-10-15-5-1-2-8-18(15)23/h1-3,5-8,13H,4,9-12,14H2,(H,24,30). The van der Waals surface area contributed by atoms with Crippen LogP contribution in [0.2, 0.25) is 0 Å². The molecule has 0 aromatic heterocycles. The van der Waals surface area contributed by atoms with Crippen LogP contribution in [-0.4, -0.2) is 41.6 Å². The van der Waals surface area contributed by atoms with Gasteiger partial charge in [0.25, 0.3) is 5.91 Å². The summed E-state index contributed by atoms with van der Waals surface area (Å²) in [7, 11) is 0. The average molecular weight is 403 g/mol. The summed E-state index contributed by atoms with van der Waals surface area (Å²) in [5.74, 6) is -0.678. The Morgan fingerprint density at radius 3 is 2.67 bits per heavy atom. The second-order valence-corrected chi connectivity index (χ2v) is 8.01. The number of fused-ring (bicyclic) bond motifs is 2. The van der Waals surface area contributed by atoms with Crippen molar-refractivity contribution in [3.63, 3.8) is 0 Å². The van der Waals surface area contributed by atoms with Crippen molar-refractivity contribution in [2.24, 2.45) is 0 Å². The summed E-state index contributed by atoms with van der Waals surface area (Å²) < 4.78 is 0. The van der Waals surface area contributed by atoms with Crippen LogP contribution in [0.3, 0.4) is 0 Å². The molecule has 5 rings (SSSR count). The van der Waals surface area contributed by atoms with E-state index in [0.29, 0.717) is 37.1 Å². The maximum Gasteiger partial charge on any atom is 0.325 e. The van der Waals surface area contributed by atoms with Gasteiger partial charge >= 0.3 is 6.03 Å². The van der Waals surface area contributed by atoms with Crippen LogP contribution in [0, 0.1) is 0 Å². The van der Waals surface area contributed by atoms with Gasteiger partial charge in [-0.3, -0.25) is 19.3 Å². The molecule has 2 aromatic rings. The second kappa shape index (κ2) is 6.79. The lowest BCUT2D eigenvalue weighted by molar-refractivity contribution is -0.131. The first-order valence-electron chi connectivity index (χ1n) is 10.2. The van der Waals surface area contributed by atoms with Gasteiger partial charge in [0.2, 0.25) is 5.91 Å². The molecule has 7 heteroatoms. The van der Waals surface area contributed by atoms with Crippen LogP contribution < -0.4 is 10.2 Å². The monoisotopic (exact) mass is 403 g/mol. The fourth-order valence-electron chi connectivity index (χ4n) is 4.74. The van der Waals surface area contributed by atoms with Crippen molar-refractivity contribution in [1.82, 2.24) is 10.2 Å². The molecule has 1 N–H and O–H groups in total. The van der Waals surface area contributed by atoms with Gasteiger partial charge in [-0.1, -0.05) is 36.4 Å². The Kier molecular flexibility index (Phi) is 4.20. The van der Waals surface area contributed by atoms with Crippen molar-refractivity contribution in [2.75, 3.05) is 18.0 Å². The molecule has 4 amide bonds. The van der Waals surface area contributed by atoms with E-state index in [-0.39, 0.29) is 24.1 Å². The largest absolute Gasteiger partial charge is 0.325 e. The summed E-state index contributed by atoms with van der Waals surface area (Å²) in [6.07, 6.45) is 2.50. The van der Waals surface area contributed by atoms with Crippen LogP contribution >= 0.6 is 0 Å². The number of anilines is 1. The van der Waals surface area contributed by atoms with Gasteiger partial charge in [-0.05, 0) is 42.5 Å². The number of benzene rings is 2. The van der Waals surface area contributed by atoms with E-state index in [4.69, 9.17) is 0 Å². The van der Waals surface area contributed by atoms with Gasteiger partial charge in [-0.2, -0.15) is 0 Å². The molecule has 2 aromatic carbocycles. The molecule has 0 saturated carbocycles. The Morgan fingerprint density at radius 1 is 1.03 bits per heavy atom. The van der Waals surface area contributed by atoms with E-state index in [0.717, 1.165) is 22.4 Å². The Morgan fingerprint density at radius 2 is 1.87 bits per heavy atom. The zero-order valence-corrected chi connectivity index (χ0v) is 16.4. The van der Waals surface area contributed by atoms with E-state index in [1.165, 1.54) is 0 Å². The number of nitrogens with one attached hydrogen (secondary N) is 1. The highest BCUT2D eigenvalue weighted by atomic mass is 16.2. The first-order chi connectivity index (χ1) is 14.5. The molecule has 1 spiro atoms. The molecular weight excluding hydrogens is 382 g/mol. The molecule has 0 radical (unpaired) electrons.